The Hall–Kier alpha value is -2.60. The Labute approximate surface area is 146 Å². The fourth-order valence-electron chi connectivity index (χ4n) is 2.70. The van der Waals surface area contributed by atoms with Crippen LogP contribution in [0.1, 0.15) is 34.3 Å². The van der Waals surface area contributed by atoms with Gasteiger partial charge in [0.15, 0.2) is 0 Å². The van der Waals surface area contributed by atoms with Crippen molar-refractivity contribution in [3.63, 3.8) is 0 Å². The normalized spacial score (nSPS) is 13.0. The molecule has 3 aromatic rings. The van der Waals surface area contributed by atoms with Gasteiger partial charge in [-0.05, 0) is 34.4 Å². The molecular weight excluding hydrogens is 318 g/mol. The summed E-state index contributed by atoms with van der Waals surface area (Å²) in [4.78, 5) is 0. The van der Waals surface area contributed by atoms with Gasteiger partial charge < -0.3 is 5.11 Å². The van der Waals surface area contributed by atoms with E-state index in [1.54, 1.807) is 12.1 Å². The van der Waals surface area contributed by atoms with Gasteiger partial charge in [-0.2, -0.15) is 5.26 Å². The predicted molar refractivity (Wildman–Crippen MR) is 95.9 cm³/mol. The number of aliphatic hydroxyl groups is 1. The lowest BCUT2D eigenvalue weighted by Gasteiger charge is -2.14. The fraction of sp³-hybridized carbons (Fsp3) is 0.0952. The molecule has 2 atom stereocenters. The molecule has 3 heteroatoms. The zero-order valence-electron chi connectivity index (χ0n) is 12.9. The highest BCUT2D eigenvalue weighted by atomic mass is 35.5. The molecule has 0 heterocycles. The van der Waals surface area contributed by atoms with E-state index in [0.29, 0.717) is 5.02 Å². The van der Waals surface area contributed by atoms with Crippen LogP contribution in [-0.2, 0) is 0 Å². The van der Waals surface area contributed by atoms with Gasteiger partial charge in [0.1, 0.15) is 6.10 Å². The van der Waals surface area contributed by atoms with Crippen LogP contribution in [0, 0.1) is 11.3 Å². The molecule has 0 aromatic heterocycles. The fourth-order valence-corrected chi connectivity index (χ4v) is 2.82. The van der Waals surface area contributed by atoms with Crippen molar-refractivity contribution >= 4 is 11.6 Å². The molecule has 0 aliphatic rings. The van der Waals surface area contributed by atoms with E-state index in [-0.39, 0.29) is 5.92 Å². The molecule has 0 aliphatic carbocycles. The third kappa shape index (κ3) is 3.49. The lowest BCUT2D eigenvalue weighted by Crippen LogP contribution is -2.02. The van der Waals surface area contributed by atoms with Crippen molar-refractivity contribution in [2.45, 2.75) is 12.0 Å². The van der Waals surface area contributed by atoms with Crippen LogP contribution in [-0.4, -0.2) is 5.11 Å². The first-order chi connectivity index (χ1) is 11.7. The van der Waals surface area contributed by atoms with Crippen LogP contribution in [0.2, 0.25) is 5.02 Å². The van der Waals surface area contributed by atoms with E-state index in [1.165, 1.54) is 0 Å². The Bertz CT molecular complexity index is 836. The van der Waals surface area contributed by atoms with Crippen LogP contribution < -0.4 is 0 Å². The van der Waals surface area contributed by atoms with E-state index in [1.807, 2.05) is 66.7 Å². The Morgan fingerprint density at radius 3 is 1.71 bits per heavy atom. The molecule has 0 bridgehead atoms. The predicted octanol–water partition coefficient (Wildman–Crippen LogP) is 5.08. The first-order valence-corrected chi connectivity index (χ1v) is 8.05. The van der Waals surface area contributed by atoms with Gasteiger partial charge in [-0.3, -0.25) is 0 Å². The summed E-state index contributed by atoms with van der Waals surface area (Å²) < 4.78 is 0. The summed E-state index contributed by atoms with van der Waals surface area (Å²) in [6, 6.07) is 26.7. The smallest absolute Gasteiger partial charge is 0.104 e. The number of benzene rings is 3. The molecule has 0 spiro atoms. The standard InChI is InChI=1S/C21H16ClNO/c22-19-12-10-16(11-13-19)20(14-23)15-6-8-18(9-7-15)21(24)17-4-2-1-3-5-17/h1-13,20-21,24H/t20-,21+/m0/s1. The van der Waals surface area contributed by atoms with Crippen LogP contribution in [0.25, 0.3) is 0 Å². The van der Waals surface area contributed by atoms with Crippen LogP contribution in [0.4, 0.5) is 0 Å². The molecule has 24 heavy (non-hydrogen) atoms. The lowest BCUT2D eigenvalue weighted by molar-refractivity contribution is 0.220. The Morgan fingerprint density at radius 2 is 1.17 bits per heavy atom. The summed E-state index contributed by atoms with van der Waals surface area (Å²) >= 11 is 5.91. The molecule has 0 unspecified atom stereocenters. The topological polar surface area (TPSA) is 44.0 Å². The third-order valence-corrected chi connectivity index (χ3v) is 4.29. The lowest BCUT2D eigenvalue weighted by atomic mass is 9.91. The third-order valence-electron chi connectivity index (χ3n) is 4.03. The minimum absolute atomic E-state index is 0.356. The molecule has 0 amide bonds. The summed E-state index contributed by atoms with van der Waals surface area (Å²) in [6.07, 6.45) is -0.670. The average molecular weight is 334 g/mol. The number of hydrogen-bond acceptors (Lipinski definition) is 2. The van der Waals surface area contributed by atoms with Crippen molar-refractivity contribution in [1.82, 2.24) is 0 Å². The molecule has 2 nitrogen and oxygen atoms in total. The Kier molecular flexibility index (Phi) is 4.96. The molecule has 3 rings (SSSR count). The average Bonchev–Trinajstić information content (AvgIpc) is 2.64. The van der Waals surface area contributed by atoms with Gasteiger partial charge in [0, 0.05) is 5.02 Å². The minimum atomic E-state index is -0.670. The maximum atomic E-state index is 10.4. The van der Waals surface area contributed by atoms with Crippen molar-refractivity contribution in [2.75, 3.05) is 0 Å². The van der Waals surface area contributed by atoms with Gasteiger partial charge in [-0.15, -0.1) is 0 Å². The van der Waals surface area contributed by atoms with Crippen molar-refractivity contribution in [3.05, 3.63) is 106 Å². The molecule has 1 N–H and O–H groups in total. The SMILES string of the molecule is N#C[C@H](c1ccc(Cl)cc1)c1ccc([C@H](O)c2ccccc2)cc1. The van der Waals surface area contributed by atoms with Gasteiger partial charge in [0.05, 0.1) is 12.0 Å². The van der Waals surface area contributed by atoms with Gasteiger partial charge in [-0.25, -0.2) is 0 Å². The quantitative estimate of drug-likeness (QED) is 0.723. The van der Waals surface area contributed by atoms with Crippen LogP contribution >= 0.6 is 11.6 Å². The highest BCUT2D eigenvalue weighted by Gasteiger charge is 2.15. The largest absolute Gasteiger partial charge is 0.384 e. The molecule has 0 saturated carbocycles. The minimum Gasteiger partial charge on any atom is -0.384 e. The molecule has 0 radical (unpaired) electrons. The van der Waals surface area contributed by atoms with E-state index < -0.39 is 6.10 Å². The summed E-state index contributed by atoms with van der Waals surface area (Å²) in [7, 11) is 0. The summed E-state index contributed by atoms with van der Waals surface area (Å²) in [5.41, 5.74) is 3.44. The number of hydrogen-bond donors (Lipinski definition) is 1. The highest BCUT2D eigenvalue weighted by Crippen LogP contribution is 2.28. The van der Waals surface area contributed by atoms with Crippen molar-refractivity contribution in [2.24, 2.45) is 0 Å². The van der Waals surface area contributed by atoms with Crippen molar-refractivity contribution in [1.29, 1.82) is 5.26 Å². The Morgan fingerprint density at radius 1 is 0.708 bits per heavy atom. The summed E-state index contributed by atoms with van der Waals surface area (Å²) in [5, 5.41) is 20.6. The first-order valence-electron chi connectivity index (χ1n) is 7.67. The second-order valence-corrected chi connectivity index (χ2v) is 6.03. The number of rotatable bonds is 4. The highest BCUT2D eigenvalue weighted by molar-refractivity contribution is 6.30. The molecule has 3 aromatic carbocycles. The van der Waals surface area contributed by atoms with E-state index in [0.717, 1.165) is 22.3 Å². The molecular formula is C21H16ClNO. The van der Waals surface area contributed by atoms with Crippen molar-refractivity contribution < 1.29 is 5.11 Å². The van der Waals surface area contributed by atoms with Gasteiger partial charge >= 0.3 is 0 Å². The second-order valence-electron chi connectivity index (χ2n) is 5.59. The summed E-state index contributed by atoms with van der Waals surface area (Å²) in [5.74, 6) is -0.356. The van der Waals surface area contributed by atoms with Gasteiger partial charge in [-0.1, -0.05) is 78.3 Å². The van der Waals surface area contributed by atoms with E-state index in [9.17, 15) is 10.4 Å². The number of aliphatic hydroxyl groups excluding tert-OH is 1. The summed E-state index contributed by atoms with van der Waals surface area (Å²) in [6.45, 7) is 0. The number of nitriles is 1. The monoisotopic (exact) mass is 333 g/mol. The van der Waals surface area contributed by atoms with E-state index in [2.05, 4.69) is 6.07 Å². The zero-order chi connectivity index (χ0) is 16.9. The van der Waals surface area contributed by atoms with Crippen LogP contribution in [0.15, 0.2) is 78.9 Å². The molecule has 0 saturated heterocycles. The van der Waals surface area contributed by atoms with E-state index in [4.69, 9.17) is 11.6 Å². The molecule has 0 aliphatic heterocycles. The van der Waals surface area contributed by atoms with Gasteiger partial charge in [0.2, 0.25) is 0 Å². The first kappa shape index (κ1) is 16.3. The molecule has 118 valence electrons. The molecule has 0 fully saturated rings. The van der Waals surface area contributed by atoms with Crippen molar-refractivity contribution in [3.8, 4) is 6.07 Å². The zero-order valence-corrected chi connectivity index (χ0v) is 13.7. The maximum absolute atomic E-state index is 10.4. The van der Waals surface area contributed by atoms with E-state index >= 15 is 0 Å². The maximum Gasteiger partial charge on any atom is 0.104 e. The number of halogens is 1. The van der Waals surface area contributed by atoms with Crippen LogP contribution in [0.3, 0.4) is 0 Å². The van der Waals surface area contributed by atoms with Gasteiger partial charge in [0.25, 0.3) is 0 Å². The van der Waals surface area contributed by atoms with Crippen LogP contribution in [0.5, 0.6) is 0 Å². The second kappa shape index (κ2) is 7.31. The Balaban J connectivity index is 1.85. The number of nitrogens with zero attached hydrogens (tertiary/aromatic N) is 1.